The number of rotatable bonds is 8. The van der Waals surface area contributed by atoms with Crippen LogP contribution in [0, 0.1) is 0 Å². The Hall–Kier alpha value is -1.97. The first kappa shape index (κ1) is 26.6. The van der Waals surface area contributed by atoms with E-state index in [4.69, 9.17) is 56.5 Å². The van der Waals surface area contributed by atoms with Crippen molar-refractivity contribution in [1.82, 2.24) is 5.32 Å². The first-order valence-corrected chi connectivity index (χ1v) is 12.6. The second kappa shape index (κ2) is 11.6. The Morgan fingerprint density at radius 1 is 1.12 bits per heavy atom. The third kappa shape index (κ3) is 6.79. The molecule has 180 valence electrons. The molecule has 2 aromatic rings. The van der Waals surface area contributed by atoms with E-state index in [1.807, 2.05) is 6.92 Å². The molecule has 1 heterocycles. The molecule has 1 saturated heterocycles. The zero-order valence-corrected chi connectivity index (χ0v) is 22.1. The predicted octanol–water partition coefficient (Wildman–Crippen LogP) is 6.09. The summed E-state index contributed by atoms with van der Waals surface area (Å²) in [4.78, 5) is 26.7. The number of alkyl halides is 3. The Morgan fingerprint density at radius 3 is 2.29 bits per heavy atom. The largest absolute Gasteiger partial charge is 0.494 e. The van der Waals surface area contributed by atoms with E-state index in [-0.39, 0.29) is 18.2 Å². The SMILES string of the molecule is CCOc1ccc(N2C(=O)/C(=C/c3ccc(O[C@H](NC(=O)CC)C(Cl)(Cl)Cl)cc3)SC2=S)cc1. The molecule has 0 saturated carbocycles. The third-order valence-electron chi connectivity index (χ3n) is 4.54. The van der Waals surface area contributed by atoms with E-state index in [0.717, 1.165) is 11.3 Å². The highest BCUT2D eigenvalue weighted by atomic mass is 35.6. The molecule has 3 rings (SSSR count). The Bertz CT molecular complexity index is 1090. The summed E-state index contributed by atoms with van der Waals surface area (Å²) in [6.45, 7) is 4.15. The number of halogens is 3. The van der Waals surface area contributed by atoms with Crippen LogP contribution in [0.25, 0.3) is 6.08 Å². The minimum atomic E-state index is -1.86. The van der Waals surface area contributed by atoms with Gasteiger partial charge in [0.1, 0.15) is 11.5 Å². The van der Waals surface area contributed by atoms with Crippen molar-refractivity contribution in [3.63, 3.8) is 0 Å². The number of anilines is 1. The lowest BCUT2D eigenvalue weighted by molar-refractivity contribution is -0.123. The number of benzene rings is 2. The van der Waals surface area contributed by atoms with Gasteiger partial charge in [-0.3, -0.25) is 14.5 Å². The summed E-state index contributed by atoms with van der Waals surface area (Å²) in [5, 5.41) is 2.53. The van der Waals surface area contributed by atoms with Crippen LogP contribution in [0.4, 0.5) is 5.69 Å². The number of carbonyl (C=O) groups excluding carboxylic acids is 2. The molecule has 1 atom stereocenters. The fourth-order valence-corrected chi connectivity index (χ4v) is 4.50. The summed E-state index contributed by atoms with van der Waals surface area (Å²) in [5.74, 6) is 0.577. The molecule has 1 aliphatic heterocycles. The molecule has 0 aliphatic carbocycles. The quantitative estimate of drug-likeness (QED) is 0.183. The summed E-state index contributed by atoms with van der Waals surface area (Å²) in [6, 6.07) is 14.0. The minimum absolute atomic E-state index is 0.210. The van der Waals surface area contributed by atoms with Crippen LogP contribution in [-0.2, 0) is 9.59 Å². The molecule has 0 unspecified atom stereocenters. The van der Waals surface area contributed by atoms with Crippen LogP contribution in [0.15, 0.2) is 53.4 Å². The van der Waals surface area contributed by atoms with Crippen molar-refractivity contribution in [2.24, 2.45) is 0 Å². The van der Waals surface area contributed by atoms with Crippen LogP contribution in [0.5, 0.6) is 11.5 Å². The average Bonchev–Trinajstić information content (AvgIpc) is 3.07. The highest BCUT2D eigenvalue weighted by Crippen LogP contribution is 2.37. The van der Waals surface area contributed by atoms with Gasteiger partial charge in [-0.1, -0.05) is 77.8 Å². The van der Waals surface area contributed by atoms with Gasteiger partial charge in [-0.15, -0.1) is 0 Å². The van der Waals surface area contributed by atoms with Gasteiger partial charge in [-0.2, -0.15) is 0 Å². The summed E-state index contributed by atoms with van der Waals surface area (Å²) >= 11 is 24.4. The van der Waals surface area contributed by atoms with Crippen LogP contribution in [0.1, 0.15) is 25.8 Å². The molecule has 11 heteroatoms. The Balaban J connectivity index is 1.73. The average molecular weight is 560 g/mol. The van der Waals surface area contributed by atoms with Gasteiger partial charge in [-0.05, 0) is 55.0 Å². The van der Waals surface area contributed by atoms with Crippen molar-refractivity contribution in [3.05, 3.63) is 59.0 Å². The molecule has 1 aliphatic rings. The Kier molecular flexibility index (Phi) is 9.12. The maximum absolute atomic E-state index is 13.0. The number of ether oxygens (including phenoxy) is 2. The van der Waals surface area contributed by atoms with Crippen LogP contribution in [0.3, 0.4) is 0 Å². The lowest BCUT2D eigenvalue weighted by Gasteiger charge is -2.26. The molecule has 2 aromatic carbocycles. The second-order valence-electron chi connectivity index (χ2n) is 6.97. The van der Waals surface area contributed by atoms with E-state index < -0.39 is 10.0 Å². The lowest BCUT2D eigenvalue weighted by atomic mass is 10.2. The van der Waals surface area contributed by atoms with Gasteiger partial charge in [0.05, 0.1) is 17.2 Å². The maximum atomic E-state index is 13.0. The van der Waals surface area contributed by atoms with Gasteiger partial charge in [-0.25, -0.2) is 0 Å². The Morgan fingerprint density at radius 2 is 1.74 bits per heavy atom. The smallest absolute Gasteiger partial charge is 0.270 e. The first-order chi connectivity index (χ1) is 16.1. The number of thioether (sulfide) groups is 1. The third-order valence-corrected chi connectivity index (χ3v) is 6.44. The van der Waals surface area contributed by atoms with E-state index in [1.54, 1.807) is 61.5 Å². The summed E-state index contributed by atoms with van der Waals surface area (Å²) in [5.41, 5.74) is 1.42. The Labute approximate surface area is 222 Å². The van der Waals surface area contributed by atoms with Crippen molar-refractivity contribution < 1.29 is 19.1 Å². The molecular formula is C23H21Cl3N2O4S2. The second-order valence-corrected chi connectivity index (χ2v) is 11.0. The van der Waals surface area contributed by atoms with Crippen molar-refractivity contribution >= 4 is 86.7 Å². The van der Waals surface area contributed by atoms with Gasteiger partial charge in [0.2, 0.25) is 15.9 Å². The highest BCUT2D eigenvalue weighted by molar-refractivity contribution is 8.27. The van der Waals surface area contributed by atoms with E-state index in [1.165, 1.54) is 16.7 Å². The summed E-state index contributed by atoms with van der Waals surface area (Å²) in [6.07, 6.45) is 0.790. The van der Waals surface area contributed by atoms with Crippen molar-refractivity contribution in [2.75, 3.05) is 11.5 Å². The number of thiocarbonyl (C=S) groups is 1. The molecular weight excluding hydrogens is 539 g/mol. The lowest BCUT2D eigenvalue weighted by Crippen LogP contribution is -2.47. The van der Waals surface area contributed by atoms with Crippen LogP contribution >= 0.6 is 58.8 Å². The molecule has 0 aromatic heterocycles. The van der Waals surface area contributed by atoms with Crippen LogP contribution in [-0.4, -0.2) is 32.8 Å². The summed E-state index contributed by atoms with van der Waals surface area (Å²) in [7, 11) is 0. The predicted molar refractivity (Wildman–Crippen MR) is 143 cm³/mol. The zero-order valence-electron chi connectivity index (χ0n) is 18.2. The van der Waals surface area contributed by atoms with Gasteiger partial charge < -0.3 is 14.8 Å². The maximum Gasteiger partial charge on any atom is 0.270 e. The fraction of sp³-hybridized carbons (Fsp3) is 0.261. The molecule has 2 amide bonds. The number of hydrogen-bond donors (Lipinski definition) is 1. The molecule has 34 heavy (non-hydrogen) atoms. The number of amides is 2. The summed E-state index contributed by atoms with van der Waals surface area (Å²) < 4.78 is 9.68. The van der Waals surface area contributed by atoms with Crippen LogP contribution in [0.2, 0.25) is 0 Å². The minimum Gasteiger partial charge on any atom is -0.494 e. The number of nitrogens with one attached hydrogen (secondary N) is 1. The molecule has 0 radical (unpaired) electrons. The van der Waals surface area contributed by atoms with E-state index in [0.29, 0.717) is 27.3 Å². The van der Waals surface area contributed by atoms with E-state index in [2.05, 4.69) is 5.32 Å². The highest BCUT2D eigenvalue weighted by Gasteiger charge is 2.36. The molecule has 6 nitrogen and oxygen atoms in total. The van der Waals surface area contributed by atoms with Crippen molar-refractivity contribution in [2.45, 2.75) is 30.3 Å². The van der Waals surface area contributed by atoms with Gasteiger partial charge in [0.15, 0.2) is 4.32 Å². The number of nitrogens with zero attached hydrogens (tertiary/aromatic N) is 1. The number of carbonyl (C=O) groups is 2. The fourth-order valence-electron chi connectivity index (χ4n) is 2.90. The first-order valence-electron chi connectivity index (χ1n) is 10.3. The van der Waals surface area contributed by atoms with E-state index in [9.17, 15) is 9.59 Å². The van der Waals surface area contributed by atoms with Gasteiger partial charge in [0, 0.05) is 6.42 Å². The zero-order chi connectivity index (χ0) is 24.9. The van der Waals surface area contributed by atoms with Gasteiger partial charge >= 0.3 is 0 Å². The topological polar surface area (TPSA) is 67.9 Å². The molecule has 0 bridgehead atoms. The number of hydrogen-bond acceptors (Lipinski definition) is 6. The van der Waals surface area contributed by atoms with Gasteiger partial charge in [0.25, 0.3) is 5.91 Å². The molecule has 1 N–H and O–H groups in total. The van der Waals surface area contributed by atoms with Crippen LogP contribution < -0.4 is 19.7 Å². The normalized spacial score (nSPS) is 16.0. The standard InChI is InChI=1S/C23H21Cl3N2O4S2/c1-3-19(29)27-21(23(24,25)26)32-17-9-5-14(6-10-17)13-18-20(30)28(22(33)34-18)15-7-11-16(12-8-15)31-4-2/h5-13,21H,3-4H2,1-2H3,(H,27,29)/b18-13-/t21-/m0/s1. The molecule has 0 spiro atoms. The molecule has 1 fully saturated rings. The van der Waals surface area contributed by atoms with Crippen molar-refractivity contribution in [1.29, 1.82) is 0 Å². The monoisotopic (exact) mass is 558 g/mol. The van der Waals surface area contributed by atoms with Crippen molar-refractivity contribution in [3.8, 4) is 11.5 Å². The van der Waals surface area contributed by atoms with E-state index >= 15 is 0 Å².